The molecule has 1 saturated heterocycles. The lowest BCUT2D eigenvalue weighted by Gasteiger charge is -2.32. The van der Waals surface area contributed by atoms with Gasteiger partial charge >= 0.3 is 0 Å². The van der Waals surface area contributed by atoms with E-state index in [1.807, 2.05) is 11.0 Å². The van der Waals surface area contributed by atoms with Gasteiger partial charge in [-0.3, -0.25) is 4.79 Å². The van der Waals surface area contributed by atoms with E-state index >= 15 is 0 Å². The summed E-state index contributed by atoms with van der Waals surface area (Å²) >= 11 is 0. The molecule has 1 aliphatic rings. The number of nitrogens with one attached hydrogen (secondary N) is 2. The third-order valence-electron chi connectivity index (χ3n) is 5.87. The highest BCUT2D eigenvalue weighted by Gasteiger charge is 2.21. The average Bonchev–Trinajstić information content (AvgIpc) is 3.22. The summed E-state index contributed by atoms with van der Waals surface area (Å²) in [6, 6.07) is 17.3. The molecule has 2 aromatic carbocycles. The van der Waals surface area contributed by atoms with Crippen LogP contribution in [-0.2, 0) is 20.9 Å². The molecule has 1 aliphatic heterocycles. The number of H-pyrrole nitrogens is 1. The first kappa shape index (κ1) is 21.4. The van der Waals surface area contributed by atoms with Gasteiger partial charge in [0.2, 0.25) is 5.91 Å². The van der Waals surface area contributed by atoms with Gasteiger partial charge in [-0.2, -0.15) is 0 Å². The molecule has 0 spiro atoms. The molecule has 0 saturated carbocycles. The van der Waals surface area contributed by atoms with E-state index < -0.39 is 0 Å². The number of carbonyl (C=O) groups is 1. The van der Waals surface area contributed by atoms with Gasteiger partial charge in [-0.15, -0.1) is 0 Å². The van der Waals surface area contributed by atoms with Gasteiger partial charge in [0, 0.05) is 44.2 Å². The fraction of sp³-hybridized carbons (Fsp3) is 0.400. The van der Waals surface area contributed by atoms with Crippen LogP contribution in [0.15, 0.2) is 48.5 Å². The van der Waals surface area contributed by atoms with Crippen molar-refractivity contribution in [2.75, 3.05) is 38.7 Å². The van der Waals surface area contributed by atoms with Gasteiger partial charge < -0.3 is 24.7 Å². The summed E-state index contributed by atoms with van der Waals surface area (Å²) in [4.78, 5) is 17.2. The standard InChI is InChI=1S/C25H31N3O3/c1-18(29)28-10-8-22(9-11-28)26-24-15-19(17-31-13-12-30-2)14-21-16-23(27-25(21)24)20-6-4-3-5-7-20/h3-7,14-16,22,26-27H,8-13,17H2,1-2H3. The molecule has 1 fully saturated rings. The number of anilines is 1. The topological polar surface area (TPSA) is 66.6 Å². The van der Waals surface area contributed by atoms with Crippen LogP contribution < -0.4 is 5.32 Å². The number of hydrogen-bond donors (Lipinski definition) is 2. The Kier molecular flexibility index (Phi) is 6.89. The van der Waals surface area contributed by atoms with E-state index in [1.165, 1.54) is 0 Å². The van der Waals surface area contributed by atoms with Gasteiger partial charge in [-0.25, -0.2) is 0 Å². The highest BCUT2D eigenvalue weighted by atomic mass is 16.5. The van der Waals surface area contributed by atoms with Crippen molar-refractivity contribution in [3.05, 3.63) is 54.1 Å². The highest BCUT2D eigenvalue weighted by Crippen LogP contribution is 2.32. The number of amides is 1. The Morgan fingerprint density at radius 1 is 1.13 bits per heavy atom. The number of aromatic amines is 1. The van der Waals surface area contributed by atoms with E-state index in [9.17, 15) is 4.79 Å². The monoisotopic (exact) mass is 421 g/mol. The molecule has 0 aliphatic carbocycles. The fourth-order valence-electron chi connectivity index (χ4n) is 4.17. The maximum absolute atomic E-state index is 11.6. The van der Waals surface area contributed by atoms with Crippen molar-refractivity contribution in [3.8, 4) is 11.3 Å². The zero-order valence-electron chi connectivity index (χ0n) is 18.3. The molecule has 31 heavy (non-hydrogen) atoms. The Bertz CT molecular complexity index is 1010. The lowest BCUT2D eigenvalue weighted by Crippen LogP contribution is -2.41. The number of piperidine rings is 1. The van der Waals surface area contributed by atoms with Crippen LogP contribution in [0.4, 0.5) is 5.69 Å². The Labute approximate surface area is 183 Å². The van der Waals surface area contributed by atoms with Crippen LogP contribution >= 0.6 is 0 Å². The van der Waals surface area contributed by atoms with Crippen LogP contribution in [0.25, 0.3) is 22.2 Å². The minimum Gasteiger partial charge on any atom is -0.382 e. The third-order valence-corrected chi connectivity index (χ3v) is 5.87. The Morgan fingerprint density at radius 2 is 1.90 bits per heavy atom. The van der Waals surface area contributed by atoms with E-state index in [0.717, 1.165) is 59.3 Å². The van der Waals surface area contributed by atoms with E-state index in [2.05, 4.69) is 52.8 Å². The van der Waals surface area contributed by atoms with Gasteiger partial charge in [-0.1, -0.05) is 30.3 Å². The first-order valence-electron chi connectivity index (χ1n) is 10.9. The molecule has 6 nitrogen and oxygen atoms in total. The third kappa shape index (κ3) is 5.27. The lowest BCUT2D eigenvalue weighted by molar-refractivity contribution is -0.129. The number of hydrogen-bond acceptors (Lipinski definition) is 4. The van der Waals surface area contributed by atoms with Gasteiger partial charge in [0.1, 0.15) is 0 Å². The van der Waals surface area contributed by atoms with Crippen molar-refractivity contribution in [1.29, 1.82) is 0 Å². The molecule has 1 aromatic heterocycles. The van der Waals surface area contributed by atoms with Gasteiger partial charge in [0.05, 0.1) is 31.0 Å². The number of likely N-dealkylation sites (tertiary alicyclic amines) is 1. The molecular formula is C25H31N3O3. The van der Waals surface area contributed by atoms with Gasteiger partial charge in [0.15, 0.2) is 0 Å². The molecule has 2 heterocycles. The van der Waals surface area contributed by atoms with Crippen LogP contribution in [0.1, 0.15) is 25.3 Å². The Morgan fingerprint density at radius 3 is 2.61 bits per heavy atom. The normalized spacial score (nSPS) is 14.8. The van der Waals surface area contributed by atoms with E-state index in [-0.39, 0.29) is 5.91 Å². The van der Waals surface area contributed by atoms with Crippen molar-refractivity contribution >= 4 is 22.5 Å². The number of benzene rings is 2. The molecule has 0 radical (unpaired) electrons. The average molecular weight is 422 g/mol. The predicted octanol–water partition coefficient (Wildman–Crippen LogP) is 4.42. The Balaban J connectivity index is 1.59. The predicted molar refractivity (Wildman–Crippen MR) is 124 cm³/mol. The minimum absolute atomic E-state index is 0.160. The van der Waals surface area contributed by atoms with Crippen molar-refractivity contribution in [1.82, 2.24) is 9.88 Å². The molecule has 0 atom stereocenters. The molecule has 0 unspecified atom stereocenters. The second-order valence-electron chi connectivity index (χ2n) is 8.13. The van der Waals surface area contributed by atoms with Gasteiger partial charge in [0.25, 0.3) is 0 Å². The summed E-state index contributed by atoms with van der Waals surface area (Å²) in [5.74, 6) is 0.160. The van der Waals surface area contributed by atoms with Crippen molar-refractivity contribution in [2.24, 2.45) is 0 Å². The molecular weight excluding hydrogens is 390 g/mol. The number of carbonyl (C=O) groups excluding carboxylic acids is 1. The second-order valence-corrected chi connectivity index (χ2v) is 8.13. The largest absolute Gasteiger partial charge is 0.382 e. The maximum atomic E-state index is 11.6. The quantitative estimate of drug-likeness (QED) is 0.529. The summed E-state index contributed by atoms with van der Waals surface area (Å²) in [5.41, 5.74) is 5.59. The van der Waals surface area contributed by atoms with Gasteiger partial charge in [-0.05, 0) is 42.2 Å². The molecule has 0 bridgehead atoms. The SMILES string of the molecule is COCCOCc1cc(NC2CCN(C(C)=O)CC2)c2[nH]c(-c3ccccc3)cc2c1. The van der Waals surface area contributed by atoms with Crippen LogP contribution in [0.3, 0.4) is 0 Å². The molecule has 4 rings (SSSR count). The molecule has 6 heteroatoms. The van der Waals surface area contributed by atoms with Crippen molar-refractivity contribution in [2.45, 2.75) is 32.4 Å². The molecule has 1 amide bonds. The zero-order chi connectivity index (χ0) is 21.6. The number of ether oxygens (including phenoxy) is 2. The maximum Gasteiger partial charge on any atom is 0.219 e. The second kappa shape index (κ2) is 9.98. The van der Waals surface area contributed by atoms with Crippen LogP contribution in [0.5, 0.6) is 0 Å². The van der Waals surface area contributed by atoms with E-state index in [4.69, 9.17) is 9.47 Å². The van der Waals surface area contributed by atoms with Crippen molar-refractivity contribution in [3.63, 3.8) is 0 Å². The van der Waals surface area contributed by atoms with E-state index in [0.29, 0.717) is 25.9 Å². The fourth-order valence-corrected chi connectivity index (χ4v) is 4.17. The number of nitrogens with zero attached hydrogens (tertiary/aromatic N) is 1. The molecule has 3 aromatic rings. The summed E-state index contributed by atoms with van der Waals surface area (Å²) in [6.45, 7) is 4.95. The smallest absolute Gasteiger partial charge is 0.219 e. The summed E-state index contributed by atoms with van der Waals surface area (Å²) < 4.78 is 10.9. The summed E-state index contributed by atoms with van der Waals surface area (Å²) in [7, 11) is 1.68. The summed E-state index contributed by atoms with van der Waals surface area (Å²) in [5, 5.41) is 4.90. The van der Waals surface area contributed by atoms with Crippen LogP contribution in [0.2, 0.25) is 0 Å². The molecule has 164 valence electrons. The number of aromatic nitrogens is 1. The first-order valence-corrected chi connectivity index (χ1v) is 10.9. The number of rotatable bonds is 8. The summed E-state index contributed by atoms with van der Waals surface area (Å²) in [6.07, 6.45) is 1.89. The van der Waals surface area contributed by atoms with Crippen LogP contribution in [-0.4, -0.2) is 55.2 Å². The number of fused-ring (bicyclic) bond motifs is 1. The van der Waals surface area contributed by atoms with Crippen molar-refractivity contribution < 1.29 is 14.3 Å². The minimum atomic E-state index is 0.160. The first-order chi connectivity index (χ1) is 15.1. The highest BCUT2D eigenvalue weighted by molar-refractivity contribution is 5.95. The number of methoxy groups -OCH3 is 1. The zero-order valence-corrected chi connectivity index (χ0v) is 18.3. The molecule has 2 N–H and O–H groups in total. The van der Waals surface area contributed by atoms with E-state index in [1.54, 1.807) is 14.0 Å². The van der Waals surface area contributed by atoms with Crippen LogP contribution in [0, 0.1) is 0 Å². The Hall–Kier alpha value is -2.83. The lowest BCUT2D eigenvalue weighted by atomic mass is 10.0.